The van der Waals surface area contributed by atoms with E-state index < -0.39 is 76.4 Å². The number of thioether (sulfide) groups is 1. The molecule has 6 aliphatic heterocycles. The number of amides is 3. The summed E-state index contributed by atoms with van der Waals surface area (Å²) >= 11 is 8.16. The molecule has 4 N–H and O–H groups in total. The first-order chi connectivity index (χ1) is 70.6. The van der Waals surface area contributed by atoms with E-state index in [9.17, 15) is 43.5 Å². The number of urea groups is 1. The van der Waals surface area contributed by atoms with Gasteiger partial charge in [0.25, 0.3) is 5.54 Å². The molecule has 17 rings (SSSR count). The first-order valence-corrected chi connectivity index (χ1v) is 50.4. The van der Waals surface area contributed by atoms with E-state index in [0.717, 1.165) is 111 Å². The van der Waals surface area contributed by atoms with E-state index in [1.807, 2.05) is 267 Å². The molecule has 2 saturated heterocycles. The number of aliphatic imine (C=N–C) groups is 4. The highest BCUT2D eigenvalue weighted by atomic mass is 35.5. The second-order valence-corrected chi connectivity index (χ2v) is 37.2. The monoisotopic (exact) mass is 2000 g/mol. The molecule has 3 amide bonds. The number of hydrogen-bond acceptors (Lipinski definition) is 24. The Balaban J connectivity index is 0.000000166. The van der Waals surface area contributed by atoms with Crippen LogP contribution in [0.5, 0.6) is 5.75 Å². The fourth-order valence-electron chi connectivity index (χ4n) is 18.5. The van der Waals surface area contributed by atoms with Gasteiger partial charge in [0.05, 0.1) is 66.4 Å². The van der Waals surface area contributed by atoms with Crippen molar-refractivity contribution >= 4 is 94.7 Å². The van der Waals surface area contributed by atoms with Crippen LogP contribution in [-0.2, 0) is 121 Å². The van der Waals surface area contributed by atoms with Crippen molar-refractivity contribution in [3.05, 3.63) is 386 Å². The maximum Gasteiger partial charge on any atom is 0.407 e. The van der Waals surface area contributed by atoms with Gasteiger partial charge >= 0.3 is 42.0 Å². The van der Waals surface area contributed by atoms with Crippen LogP contribution in [0.4, 0.5) is 9.59 Å². The number of alkyl carbamates (subject to hydrolysis) is 1. The van der Waals surface area contributed by atoms with Crippen LogP contribution in [0, 0.1) is 0 Å². The zero-order chi connectivity index (χ0) is 102. The van der Waals surface area contributed by atoms with Gasteiger partial charge in [0.2, 0.25) is 40.2 Å². The Morgan fingerprint density at radius 3 is 1.35 bits per heavy atom. The fourth-order valence-corrected chi connectivity index (χ4v) is 20.2. The number of benzene rings is 11. The number of unbranched alkanes of at least 4 members (excludes halogenated alkanes) is 1. The predicted molar refractivity (Wildman–Crippen MR) is 556 cm³/mol. The smallest absolute Gasteiger partial charge is 0.407 e. The lowest BCUT2D eigenvalue weighted by Gasteiger charge is -2.30. The molecule has 0 radical (unpaired) electrons. The van der Waals surface area contributed by atoms with Crippen LogP contribution in [0.1, 0.15) is 162 Å². The lowest BCUT2D eigenvalue weighted by atomic mass is 9.81. The number of cyclic esters (lactones) is 1. The van der Waals surface area contributed by atoms with Gasteiger partial charge in [0.15, 0.2) is 18.3 Å². The van der Waals surface area contributed by atoms with E-state index in [4.69, 9.17) is 78.7 Å². The van der Waals surface area contributed by atoms with Crippen molar-refractivity contribution in [2.24, 2.45) is 20.0 Å². The van der Waals surface area contributed by atoms with Crippen molar-refractivity contribution in [3.63, 3.8) is 0 Å². The van der Waals surface area contributed by atoms with E-state index in [1.54, 1.807) is 48.5 Å². The third-order valence-corrected chi connectivity index (χ3v) is 27.6. The van der Waals surface area contributed by atoms with E-state index in [0.29, 0.717) is 117 Å². The summed E-state index contributed by atoms with van der Waals surface area (Å²) < 4.78 is 62.2. The largest absolute Gasteiger partial charge is 0.493 e. The van der Waals surface area contributed by atoms with Gasteiger partial charge < -0.3 is 73.2 Å². The van der Waals surface area contributed by atoms with Crippen molar-refractivity contribution in [2.75, 3.05) is 73.3 Å². The number of halogens is 1. The number of esters is 4. The predicted octanol–water partition coefficient (Wildman–Crippen LogP) is 19.1. The molecule has 0 bridgehead atoms. The first kappa shape index (κ1) is 106. The number of carboxylic acid groups (broad SMARTS) is 1. The highest BCUT2D eigenvalue weighted by molar-refractivity contribution is 8.00. The minimum Gasteiger partial charge on any atom is -0.493 e. The van der Waals surface area contributed by atoms with Crippen molar-refractivity contribution in [1.82, 2.24) is 16.0 Å². The number of ether oxygens (including phenoxy) is 11. The molecule has 2 fully saturated rings. The number of carbonyl (C=O) groups excluding carboxylic acids is 7. The van der Waals surface area contributed by atoms with E-state index in [1.165, 1.54) is 21.3 Å². The molecule has 0 aromatic heterocycles. The van der Waals surface area contributed by atoms with Crippen LogP contribution >= 0.6 is 23.4 Å². The van der Waals surface area contributed by atoms with E-state index >= 15 is 0 Å². The number of fused-ring (bicyclic) bond motifs is 1. The molecule has 29 heteroatoms. The lowest BCUT2D eigenvalue weighted by Crippen LogP contribution is -2.45. The maximum atomic E-state index is 13.3. The number of nitrogens with one attached hydrogen (secondary N) is 3. The van der Waals surface area contributed by atoms with Gasteiger partial charge in [-0.1, -0.05) is 269 Å². The number of hydrogen-bond donors (Lipinski definition) is 4. The molecule has 6 heterocycles. The third kappa shape index (κ3) is 26.9. The van der Waals surface area contributed by atoms with Crippen molar-refractivity contribution in [2.45, 2.75) is 168 Å². The highest BCUT2D eigenvalue weighted by Crippen LogP contribution is 2.49. The van der Waals surface area contributed by atoms with E-state index in [2.05, 4.69) is 40.9 Å². The maximum absolute atomic E-state index is 13.3. The van der Waals surface area contributed by atoms with Gasteiger partial charge in [0.1, 0.15) is 11.5 Å². The Hall–Kier alpha value is -14.6. The molecule has 754 valence electrons. The van der Waals surface area contributed by atoms with Crippen LogP contribution in [0.15, 0.2) is 323 Å². The molecule has 11 aromatic rings. The normalized spacial score (nSPS) is 20.7. The Labute approximate surface area is 854 Å². The van der Waals surface area contributed by atoms with Gasteiger partial charge in [-0.25, -0.2) is 53.5 Å². The van der Waals surface area contributed by atoms with Crippen molar-refractivity contribution < 1.29 is 95.6 Å². The fraction of sp³-hybridized carbons (Fsp3) is 0.328. The zero-order valence-corrected chi connectivity index (χ0v) is 83.7. The standard InChI is InChI=1S/C46H58N4O10S.C26H24ClNO3.C26H25NO3.C18H15NO4/c1-2-33-14-6-8-17-37(33)41-46(43(52)53,30-32-12-4-3-5-13-32)50-42(60-41)34-19-21-36(22-20-34)58-25-11-26-59-45(55)47-23-27-57-29-28-56-24-10-16-35(51)15-7-9-18-39-40-38(31-61-39)48-44(54)49-40;1-3-19-16-21(27)14-15-22(19)23-26(25(29)30-2,17-18-10-6-4-7-11-18)28-24(31-23)20-12-8-5-9-13-20;1-3-20-14-10-11-17-22(20)23-26(25(28)29-2,18-19-12-6-4-7-13-19)27-24(30-23)21-15-8-5-9-16-21;1-22-16(20)18(12-13-8-4-2-5-9-13)17(21)23-15(19-18)14-10-6-3-7-11-14/h3-6,8,12-14,17,19-22,38-41H,2,7,9-11,15-16,18,23-31H2,1H3,(H,47,55)(H,52,53)(H2,48,49,54);4-16,23H,3,17H2,1-2H3;4-17,23H,3,18H2,1-2H3;2-11H,12H2,1H3/t38?,39?,40?,41-,46-;23-,26-;23-,26+;18-/m0001/s1. The zero-order valence-electron chi connectivity index (χ0n) is 82.2. The molecular weight excluding hydrogens is 1880 g/mol. The van der Waals surface area contributed by atoms with Crippen LogP contribution in [-0.4, -0.2) is 189 Å². The summed E-state index contributed by atoms with van der Waals surface area (Å²) in [7, 11) is 4.04. The number of ketones is 1. The number of aryl methyl sites for hydroxylation is 3. The molecule has 6 aliphatic rings. The number of Topliss-reactive ketones (excluding diaryl/α,β-unsaturated/α-hetero) is 1. The molecule has 145 heavy (non-hydrogen) atoms. The number of carboxylic acids is 1. The molecule has 3 unspecified atom stereocenters. The van der Waals surface area contributed by atoms with Crippen LogP contribution in [0.25, 0.3) is 0 Å². The van der Waals surface area contributed by atoms with Crippen molar-refractivity contribution in [1.29, 1.82) is 0 Å². The second kappa shape index (κ2) is 52.1. The van der Waals surface area contributed by atoms with Gasteiger partial charge in [-0.3, -0.25) is 4.79 Å². The van der Waals surface area contributed by atoms with Crippen molar-refractivity contribution in [3.8, 4) is 5.75 Å². The summed E-state index contributed by atoms with van der Waals surface area (Å²) in [4.78, 5) is 119. The number of aliphatic carboxylic acids is 1. The van der Waals surface area contributed by atoms with Gasteiger partial charge in [-0.2, -0.15) is 11.8 Å². The topological polar surface area (TPSA) is 344 Å². The number of carbonyl (C=O) groups is 8. The SMILES string of the molecule is CCc1cc(Cl)ccc1[C@@H]1OC(c2ccccc2)=N[C@]1(Cc1ccccc1)C(=O)OC.CCc1ccccc1[C@@H]1OC(c2ccc(OCCCOC(=O)NCCOCCOCCCC(=O)CCCCC3SCC4NC(=O)NC43)cc2)=N[C@]1(Cc1ccccc1)C(=O)O.CCc1ccccc1[C@@H]1OC(c2ccccc2)=N[C@@]1(Cc1ccccc1)C(=O)OC.COC(=O)[C@@]1(Cc2ccccc2)N=C(c2ccccc2)OC1=O. The summed E-state index contributed by atoms with van der Waals surface area (Å²) in [6.07, 6.45) is 5.84. The Morgan fingerprint density at radius 2 is 0.862 bits per heavy atom. The molecule has 0 aliphatic carbocycles. The van der Waals surface area contributed by atoms with Crippen LogP contribution in [0.3, 0.4) is 0 Å². The molecule has 0 spiro atoms. The third-order valence-electron chi connectivity index (χ3n) is 25.9. The highest BCUT2D eigenvalue weighted by Gasteiger charge is 2.59. The molecule has 27 nitrogen and oxygen atoms in total. The molecule has 0 saturated carbocycles. The summed E-state index contributed by atoms with van der Waals surface area (Å²) in [5, 5.41) is 20.4. The minimum absolute atomic E-state index is 0.0674. The van der Waals surface area contributed by atoms with E-state index in [-0.39, 0.29) is 55.1 Å². The van der Waals surface area contributed by atoms with Crippen LogP contribution in [0.2, 0.25) is 5.02 Å². The summed E-state index contributed by atoms with van der Waals surface area (Å²) in [5.41, 5.74) is 6.69. The Morgan fingerprint density at radius 1 is 0.434 bits per heavy atom. The molecule has 10 atom stereocenters. The van der Waals surface area contributed by atoms with Gasteiger partial charge in [-0.05, 0) is 167 Å². The summed E-state index contributed by atoms with van der Waals surface area (Å²) in [6, 6.07) is 95.7. The van der Waals surface area contributed by atoms with Gasteiger partial charge in [-0.15, -0.1) is 0 Å². The Kier molecular flexibility index (Phi) is 38.2. The quantitative estimate of drug-likeness (QED) is 0.00907. The van der Waals surface area contributed by atoms with Gasteiger partial charge in [0, 0.05) is 96.4 Å². The number of nitrogens with zero attached hydrogens (tertiary/aromatic N) is 4. The average Bonchev–Trinajstić information content (AvgIpc) is 1.61. The molecule has 11 aromatic carbocycles. The minimum atomic E-state index is -1.69. The Bertz CT molecular complexity index is 6320. The number of methoxy groups -OCH3 is 3. The molecular formula is C116H122ClN7O20S. The summed E-state index contributed by atoms with van der Waals surface area (Å²) in [5.74, 6) is -0.215. The second-order valence-electron chi connectivity index (χ2n) is 35.5. The number of rotatable bonds is 42. The lowest BCUT2D eigenvalue weighted by molar-refractivity contribution is -0.156. The van der Waals surface area contributed by atoms with Crippen LogP contribution < -0.4 is 20.7 Å². The summed E-state index contributed by atoms with van der Waals surface area (Å²) in [6.45, 7) is 8.57. The first-order valence-electron chi connectivity index (χ1n) is 49.0. The average molecular weight is 2000 g/mol.